The first-order valence-electron chi connectivity index (χ1n) is 8.52. The fourth-order valence-corrected chi connectivity index (χ4v) is 4.36. The summed E-state index contributed by atoms with van der Waals surface area (Å²) in [6, 6.07) is 12.9. The Balaban J connectivity index is 1.38. The van der Waals surface area contributed by atoms with Crippen molar-refractivity contribution < 1.29 is 9.53 Å². The van der Waals surface area contributed by atoms with Crippen LogP contribution < -0.4 is 10.1 Å². The lowest BCUT2D eigenvalue weighted by Crippen LogP contribution is -2.57. The maximum absolute atomic E-state index is 12.5. The van der Waals surface area contributed by atoms with Crippen molar-refractivity contribution in [2.75, 3.05) is 19.6 Å². The largest absolute Gasteiger partial charge is 0.447 e. The normalized spacial score (nSPS) is 24.5. The van der Waals surface area contributed by atoms with Crippen LogP contribution in [0.5, 0.6) is 10.8 Å². The van der Waals surface area contributed by atoms with Crippen LogP contribution in [-0.2, 0) is 0 Å². The predicted octanol–water partition coefficient (Wildman–Crippen LogP) is 3.24. The molecule has 3 aliphatic rings. The Morgan fingerprint density at radius 1 is 1.20 bits per heavy atom. The fraction of sp³-hybridized carbons (Fsp3) is 0.368. The first-order valence-corrected chi connectivity index (χ1v) is 9.34. The number of nitrogens with zero attached hydrogens (tertiary/aromatic N) is 2. The highest BCUT2D eigenvalue weighted by Gasteiger charge is 2.35. The minimum atomic E-state index is -0.0153. The molecular formula is C19H19N3O2S. The predicted molar refractivity (Wildman–Crippen MR) is 96.0 cm³/mol. The number of hydrogen-bond acceptors (Lipinski definition) is 5. The maximum Gasteiger partial charge on any atom is 0.261 e. The van der Waals surface area contributed by atoms with E-state index in [0.717, 1.165) is 6.54 Å². The van der Waals surface area contributed by atoms with Gasteiger partial charge in [0.15, 0.2) is 5.06 Å². The molecule has 0 unspecified atom stereocenters. The molecule has 1 atom stereocenters. The van der Waals surface area contributed by atoms with Gasteiger partial charge in [-0.1, -0.05) is 11.3 Å². The summed E-state index contributed by atoms with van der Waals surface area (Å²) in [7, 11) is 0. The number of amides is 1. The number of carbonyl (C=O) groups is 1. The zero-order valence-electron chi connectivity index (χ0n) is 13.8. The molecule has 0 spiro atoms. The number of fused-ring (bicyclic) bond motifs is 3. The van der Waals surface area contributed by atoms with E-state index in [9.17, 15) is 4.79 Å². The van der Waals surface area contributed by atoms with Crippen LogP contribution in [0.25, 0.3) is 0 Å². The van der Waals surface area contributed by atoms with E-state index in [-0.39, 0.29) is 11.9 Å². The number of benzene rings is 1. The van der Waals surface area contributed by atoms with Gasteiger partial charge in [0.25, 0.3) is 5.91 Å². The van der Waals surface area contributed by atoms with Gasteiger partial charge in [0, 0.05) is 12.6 Å². The summed E-state index contributed by atoms with van der Waals surface area (Å²) in [5.41, 5.74) is 0.594. The van der Waals surface area contributed by atoms with Crippen molar-refractivity contribution in [1.82, 2.24) is 10.2 Å². The summed E-state index contributed by atoms with van der Waals surface area (Å²) in [6.45, 7) is 3.30. The van der Waals surface area contributed by atoms with Gasteiger partial charge in [0.1, 0.15) is 5.75 Å². The summed E-state index contributed by atoms with van der Waals surface area (Å²) < 4.78 is 5.77. The molecule has 1 N–H and O–H groups in total. The van der Waals surface area contributed by atoms with E-state index in [1.165, 1.54) is 37.3 Å². The van der Waals surface area contributed by atoms with Crippen molar-refractivity contribution in [2.45, 2.75) is 18.9 Å². The van der Waals surface area contributed by atoms with Gasteiger partial charge in [0.05, 0.1) is 16.5 Å². The van der Waals surface area contributed by atoms with Gasteiger partial charge in [-0.3, -0.25) is 4.79 Å². The van der Waals surface area contributed by atoms with Crippen LogP contribution in [0.3, 0.4) is 0 Å². The Morgan fingerprint density at radius 3 is 2.60 bits per heavy atom. The number of hydrogen-bond donors (Lipinski definition) is 1. The monoisotopic (exact) mass is 353 g/mol. The van der Waals surface area contributed by atoms with Gasteiger partial charge in [0.2, 0.25) is 0 Å². The Labute approximate surface area is 150 Å². The van der Waals surface area contributed by atoms with Gasteiger partial charge in [-0.15, -0.1) is 0 Å². The minimum Gasteiger partial charge on any atom is -0.447 e. The smallest absolute Gasteiger partial charge is 0.261 e. The van der Waals surface area contributed by atoms with Crippen LogP contribution in [0.2, 0.25) is 0 Å². The van der Waals surface area contributed by atoms with Gasteiger partial charge < -0.3 is 15.0 Å². The molecule has 2 aromatic rings. The van der Waals surface area contributed by atoms with Crippen LogP contribution in [0.4, 0.5) is 0 Å². The lowest BCUT2D eigenvalue weighted by molar-refractivity contribution is 0.0622. The van der Waals surface area contributed by atoms with Gasteiger partial charge in [-0.2, -0.15) is 5.26 Å². The first-order chi connectivity index (χ1) is 12.2. The molecule has 128 valence electrons. The minimum absolute atomic E-state index is 0.0153. The van der Waals surface area contributed by atoms with Gasteiger partial charge in [-0.05, 0) is 68.2 Å². The van der Waals surface area contributed by atoms with Crippen LogP contribution >= 0.6 is 11.3 Å². The Kier molecular flexibility index (Phi) is 4.43. The number of carbonyl (C=O) groups excluding carboxylic acids is 1. The molecule has 1 aromatic heterocycles. The van der Waals surface area contributed by atoms with E-state index < -0.39 is 0 Å². The van der Waals surface area contributed by atoms with E-state index in [1.807, 2.05) is 6.07 Å². The zero-order valence-corrected chi connectivity index (χ0v) is 14.6. The standard InChI is InChI=1S/C19H19N3O2S/c20-11-13-1-3-15(4-2-13)24-18-6-5-17(25-18)19(23)21-16-12-22-9-7-14(16)8-10-22/h1-6,14,16H,7-10,12H2,(H,21,23)/t16-/m0/s1. The third kappa shape index (κ3) is 3.53. The number of nitriles is 1. The molecule has 25 heavy (non-hydrogen) atoms. The average Bonchev–Trinajstić information content (AvgIpc) is 3.12. The lowest BCUT2D eigenvalue weighted by Gasteiger charge is -2.44. The molecule has 3 saturated heterocycles. The highest BCUT2D eigenvalue weighted by molar-refractivity contribution is 7.15. The molecule has 6 heteroatoms. The van der Waals surface area contributed by atoms with Gasteiger partial charge in [-0.25, -0.2) is 0 Å². The second kappa shape index (κ2) is 6.87. The SMILES string of the molecule is N#Cc1ccc(Oc2ccc(C(=O)N[C@H]3CN4CCC3CC4)s2)cc1. The molecular weight excluding hydrogens is 334 g/mol. The van der Waals surface area contributed by atoms with E-state index >= 15 is 0 Å². The summed E-state index contributed by atoms with van der Waals surface area (Å²) >= 11 is 1.34. The van der Waals surface area contributed by atoms with Crippen LogP contribution in [0.1, 0.15) is 28.1 Å². The van der Waals surface area contributed by atoms with Crippen molar-refractivity contribution in [2.24, 2.45) is 5.92 Å². The Hall–Kier alpha value is -2.36. The molecule has 0 aliphatic carbocycles. The number of thiophene rings is 1. The molecule has 3 aliphatic heterocycles. The van der Waals surface area contributed by atoms with Crippen molar-refractivity contribution in [3.05, 3.63) is 46.8 Å². The first kappa shape index (κ1) is 16.1. The Morgan fingerprint density at radius 2 is 1.96 bits per heavy atom. The Bertz CT molecular complexity index is 801. The number of piperidine rings is 3. The molecule has 1 amide bonds. The lowest BCUT2D eigenvalue weighted by atomic mass is 9.84. The fourth-order valence-electron chi connectivity index (χ4n) is 3.58. The quantitative estimate of drug-likeness (QED) is 0.916. The molecule has 0 saturated carbocycles. The van der Waals surface area contributed by atoms with Crippen molar-refractivity contribution in [3.8, 4) is 16.9 Å². The maximum atomic E-state index is 12.5. The number of nitrogens with one attached hydrogen (secondary N) is 1. The van der Waals surface area contributed by atoms with E-state index in [0.29, 0.717) is 27.2 Å². The molecule has 5 nitrogen and oxygen atoms in total. The molecule has 2 bridgehead atoms. The van der Waals surface area contributed by atoms with E-state index in [1.54, 1.807) is 30.3 Å². The summed E-state index contributed by atoms with van der Waals surface area (Å²) in [6.07, 6.45) is 2.37. The molecule has 0 radical (unpaired) electrons. The molecule has 4 heterocycles. The second-order valence-electron chi connectivity index (χ2n) is 6.57. The number of rotatable bonds is 4. The van der Waals surface area contributed by atoms with E-state index in [4.69, 9.17) is 10.00 Å². The highest BCUT2D eigenvalue weighted by Crippen LogP contribution is 2.31. The van der Waals surface area contributed by atoms with Crippen LogP contribution in [0.15, 0.2) is 36.4 Å². The molecule has 1 aromatic carbocycles. The second-order valence-corrected chi connectivity index (χ2v) is 7.62. The van der Waals surface area contributed by atoms with Gasteiger partial charge >= 0.3 is 0 Å². The topological polar surface area (TPSA) is 65.4 Å². The van der Waals surface area contributed by atoms with Crippen molar-refractivity contribution >= 4 is 17.2 Å². The van der Waals surface area contributed by atoms with Crippen molar-refractivity contribution in [1.29, 1.82) is 5.26 Å². The molecule has 5 rings (SSSR count). The highest BCUT2D eigenvalue weighted by atomic mass is 32.1. The van der Waals surface area contributed by atoms with Crippen LogP contribution in [-0.4, -0.2) is 36.5 Å². The summed E-state index contributed by atoms with van der Waals surface area (Å²) in [5, 5.41) is 12.7. The van der Waals surface area contributed by atoms with Crippen molar-refractivity contribution in [3.63, 3.8) is 0 Å². The summed E-state index contributed by atoms with van der Waals surface area (Å²) in [5.74, 6) is 1.26. The summed E-state index contributed by atoms with van der Waals surface area (Å²) in [4.78, 5) is 15.6. The third-order valence-corrected chi connectivity index (χ3v) is 5.94. The average molecular weight is 353 g/mol. The zero-order chi connectivity index (χ0) is 17.2. The third-order valence-electron chi connectivity index (χ3n) is 4.98. The molecule has 3 fully saturated rings. The van der Waals surface area contributed by atoms with E-state index in [2.05, 4.69) is 16.3 Å². The number of ether oxygens (including phenoxy) is 1. The van der Waals surface area contributed by atoms with Crippen LogP contribution in [0, 0.1) is 17.2 Å².